The third-order valence-electron chi connectivity index (χ3n) is 5.30. The monoisotopic (exact) mass is 384 g/mol. The summed E-state index contributed by atoms with van der Waals surface area (Å²) in [5.74, 6) is 0.587. The van der Waals surface area contributed by atoms with Crippen molar-refractivity contribution in [2.75, 3.05) is 25.1 Å². The molecule has 0 bridgehead atoms. The van der Waals surface area contributed by atoms with E-state index in [0.29, 0.717) is 0 Å². The van der Waals surface area contributed by atoms with Crippen LogP contribution >= 0.6 is 0 Å². The maximum Gasteiger partial charge on any atom is 0.229 e. The summed E-state index contributed by atoms with van der Waals surface area (Å²) in [4.78, 5) is 17.2. The molecule has 0 aromatic heterocycles. The molecule has 0 spiro atoms. The Labute approximate surface area is 166 Å². The van der Waals surface area contributed by atoms with Crippen LogP contribution in [-0.4, -0.2) is 37.0 Å². The first-order valence-corrected chi connectivity index (χ1v) is 9.92. The number of ether oxygens (including phenoxy) is 1. The number of benzene rings is 2. The lowest BCUT2D eigenvalue weighted by Gasteiger charge is -2.39. The molecule has 2 aromatic rings. The first-order valence-electron chi connectivity index (χ1n) is 9.92. The molecule has 0 aliphatic carbocycles. The van der Waals surface area contributed by atoms with Gasteiger partial charge in [-0.3, -0.25) is 9.69 Å². The van der Waals surface area contributed by atoms with Crippen molar-refractivity contribution < 1.29 is 13.9 Å². The first kappa shape index (κ1) is 20.3. The van der Waals surface area contributed by atoms with E-state index in [1.807, 2.05) is 30.9 Å². The predicted molar refractivity (Wildman–Crippen MR) is 110 cm³/mol. The predicted octanol–water partition coefficient (Wildman–Crippen LogP) is 4.49. The Morgan fingerprint density at radius 2 is 1.86 bits per heavy atom. The summed E-state index contributed by atoms with van der Waals surface area (Å²) in [6, 6.07) is 14.5. The fraction of sp³-hybridized carbons (Fsp3) is 0.435. The third kappa shape index (κ3) is 4.90. The molecule has 5 heteroatoms. The van der Waals surface area contributed by atoms with E-state index in [9.17, 15) is 9.18 Å². The van der Waals surface area contributed by atoms with Crippen LogP contribution in [0.5, 0.6) is 5.75 Å². The van der Waals surface area contributed by atoms with Crippen molar-refractivity contribution in [3.05, 3.63) is 59.9 Å². The van der Waals surface area contributed by atoms with Crippen LogP contribution in [0.25, 0.3) is 0 Å². The average Bonchev–Trinajstić information content (AvgIpc) is 2.71. The second-order valence-corrected chi connectivity index (χ2v) is 7.70. The van der Waals surface area contributed by atoms with Gasteiger partial charge in [0.15, 0.2) is 0 Å². The second kappa shape index (κ2) is 9.20. The van der Waals surface area contributed by atoms with Crippen LogP contribution < -0.4 is 9.64 Å². The largest absolute Gasteiger partial charge is 0.497 e. The lowest BCUT2D eigenvalue weighted by molar-refractivity contribution is -0.122. The zero-order valence-electron chi connectivity index (χ0n) is 16.9. The fourth-order valence-electron chi connectivity index (χ4n) is 3.76. The number of rotatable bonds is 6. The normalized spacial score (nSPS) is 15.6. The van der Waals surface area contributed by atoms with Crippen molar-refractivity contribution in [1.29, 1.82) is 0 Å². The maximum atomic E-state index is 13.3. The lowest BCUT2D eigenvalue weighted by atomic mass is 9.99. The highest BCUT2D eigenvalue weighted by Gasteiger charge is 2.30. The summed E-state index contributed by atoms with van der Waals surface area (Å²) in [7, 11) is 1.68. The molecule has 4 nitrogen and oxygen atoms in total. The molecule has 2 aromatic carbocycles. The fourth-order valence-corrected chi connectivity index (χ4v) is 3.76. The Hall–Kier alpha value is -2.40. The zero-order chi connectivity index (χ0) is 20.1. The van der Waals surface area contributed by atoms with Gasteiger partial charge in [-0.25, -0.2) is 4.39 Å². The molecule has 28 heavy (non-hydrogen) atoms. The molecule has 0 atom stereocenters. The summed E-state index contributed by atoms with van der Waals surface area (Å²) in [6.07, 6.45) is 1.81. The van der Waals surface area contributed by atoms with Crippen molar-refractivity contribution in [3.8, 4) is 5.75 Å². The Morgan fingerprint density at radius 1 is 1.18 bits per heavy atom. The van der Waals surface area contributed by atoms with Gasteiger partial charge in [0.05, 0.1) is 7.11 Å². The molecule has 3 rings (SSSR count). The Balaban J connectivity index is 1.67. The quantitative estimate of drug-likeness (QED) is 0.736. The highest BCUT2D eigenvalue weighted by molar-refractivity contribution is 5.95. The molecule has 1 heterocycles. The summed E-state index contributed by atoms with van der Waals surface area (Å²) in [5, 5.41) is 0. The average molecular weight is 384 g/mol. The van der Waals surface area contributed by atoms with E-state index in [-0.39, 0.29) is 23.7 Å². The molecule has 0 N–H and O–H groups in total. The van der Waals surface area contributed by atoms with Crippen molar-refractivity contribution in [2.45, 2.75) is 39.3 Å². The number of carbonyl (C=O) groups excluding carboxylic acids is 1. The summed E-state index contributed by atoms with van der Waals surface area (Å²) in [5.41, 5.74) is 2.01. The van der Waals surface area contributed by atoms with Crippen LogP contribution in [0.2, 0.25) is 0 Å². The lowest BCUT2D eigenvalue weighted by Crippen LogP contribution is -2.48. The Kier molecular flexibility index (Phi) is 6.68. The Bertz CT molecular complexity index is 783. The molecular formula is C23H29FN2O2. The maximum absolute atomic E-state index is 13.3. The molecule has 1 fully saturated rings. The number of piperidine rings is 1. The van der Waals surface area contributed by atoms with Crippen LogP contribution in [0.15, 0.2) is 48.5 Å². The van der Waals surface area contributed by atoms with E-state index < -0.39 is 0 Å². The van der Waals surface area contributed by atoms with Crippen LogP contribution in [-0.2, 0) is 11.3 Å². The minimum atomic E-state index is -0.284. The second-order valence-electron chi connectivity index (χ2n) is 7.70. The smallest absolute Gasteiger partial charge is 0.229 e. The number of anilines is 1. The van der Waals surface area contributed by atoms with Crippen molar-refractivity contribution >= 4 is 11.6 Å². The van der Waals surface area contributed by atoms with Gasteiger partial charge in [-0.2, -0.15) is 0 Å². The number of methoxy groups -OCH3 is 1. The summed E-state index contributed by atoms with van der Waals surface area (Å²) >= 11 is 0. The number of amides is 1. The number of carbonyl (C=O) groups is 1. The highest BCUT2D eigenvalue weighted by atomic mass is 19.1. The van der Waals surface area contributed by atoms with E-state index in [0.717, 1.165) is 43.9 Å². The topological polar surface area (TPSA) is 32.8 Å². The molecule has 150 valence electrons. The van der Waals surface area contributed by atoms with Crippen LogP contribution in [0, 0.1) is 11.7 Å². The number of hydrogen-bond donors (Lipinski definition) is 0. The van der Waals surface area contributed by atoms with Crippen LogP contribution in [0.3, 0.4) is 0 Å². The van der Waals surface area contributed by atoms with E-state index in [1.165, 1.54) is 17.7 Å². The van der Waals surface area contributed by atoms with E-state index in [4.69, 9.17) is 4.74 Å². The van der Waals surface area contributed by atoms with Gasteiger partial charge in [-0.15, -0.1) is 0 Å². The van der Waals surface area contributed by atoms with Gasteiger partial charge >= 0.3 is 0 Å². The van der Waals surface area contributed by atoms with Crippen LogP contribution in [0.1, 0.15) is 32.3 Å². The molecule has 0 saturated carbocycles. The van der Waals surface area contributed by atoms with Gasteiger partial charge in [-0.05, 0) is 54.8 Å². The van der Waals surface area contributed by atoms with Gasteiger partial charge in [0.1, 0.15) is 11.6 Å². The van der Waals surface area contributed by atoms with Gasteiger partial charge < -0.3 is 9.64 Å². The summed E-state index contributed by atoms with van der Waals surface area (Å²) < 4.78 is 18.7. The number of hydrogen-bond acceptors (Lipinski definition) is 3. The zero-order valence-corrected chi connectivity index (χ0v) is 16.9. The third-order valence-corrected chi connectivity index (χ3v) is 5.30. The van der Waals surface area contributed by atoms with Crippen molar-refractivity contribution in [1.82, 2.24) is 4.90 Å². The number of likely N-dealkylation sites (tertiary alicyclic amines) is 1. The Morgan fingerprint density at radius 3 is 2.46 bits per heavy atom. The minimum Gasteiger partial charge on any atom is -0.497 e. The van der Waals surface area contributed by atoms with E-state index in [2.05, 4.69) is 17.0 Å². The minimum absolute atomic E-state index is 0.0952. The van der Waals surface area contributed by atoms with E-state index >= 15 is 0 Å². The molecule has 1 aliphatic heterocycles. The highest BCUT2D eigenvalue weighted by Crippen LogP contribution is 2.27. The molecule has 1 amide bonds. The number of halogens is 1. The van der Waals surface area contributed by atoms with Crippen molar-refractivity contribution in [2.24, 2.45) is 5.92 Å². The number of nitrogens with zero attached hydrogens (tertiary/aromatic N) is 2. The SMILES string of the molecule is COc1cccc(CN2CCC(N(C(=O)C(C)C)c3ccc(F)cc3)CC2)c1. The van der Waals surface area contributed by atoms with E-state index in [1.54, 1.807) is 19.2 Å². The summed E-state index contributed by atoms with van der Waals surface area (Å²) in [6.45, 7) is 6.54. The van der Waals surface area contributed by atoms with Gasteiger partial charge in [-0.1, -0.05) is 26.0 Å². The molecule has 1 saturated heterocycles. The van der Waals surface area contributed by atoms with Gasteiger partial charge in [0.25, 0.3) is 0 Å². The standard InChI is InChI=1S/C23H29FN2O2/c1-17(2)23(27)26(20-9-7-19(24)8-10-20)21-11-13-25(14-12-21)16-18-5-4-6-22(15-18)28-3/h4-10,15,17,21H,11-14,16H2,1-3H3. The molecule has 0 unspecified atom stereocenters. The van der Waals surface area contributed by atoms with Gasteiger partial charge in [0, 0.05) is 37.3 Å². The van der Waals surface area contributed by atoms with Gasteiger partial charge in [0.2, 0.25) is 5.91 Å². The molecular weight excluding hydrogens is 355 g/mol. The first-order chi connectivity index (χ1) is 13.5. The van der Waals surface area contributed by atoms with Crippen LogP contribution in [0.4, 0.5) is 10.1 Å². The molecule has 0 radical (unpaired) electrons. The van der Waals surface area contributed by atoms with Crippen molar-refractivity contribution in [3.63, 3.8) is 0 Å². The molecule has 1 aliphatic rings.